The Morgan fingerprint density at radius 2 is 2.03 bits per heavy atom. The van der Waals surface area contributed by atoms with E-state index in [2.05, 4.69) is 31.4 Å². The molecule has 8 heteroatoms. The van der Waals surface area contributed by atoms with Crippen LogP contribution in [-0.2, 0) is 0 Å². The third-order valence-corrected chi connectivity index (χ3v) is 4.53. The maximum atomic E-state index is 12.9. The summed E-state index contributed by atoms with van der Waals surface area (Å²) in [6, 6.07) is 11.0. The van der Waals surface area contributed by atoms with Crippen LogP contribution >= 0.6 is 0 Å². The van der Waals surface area contributed by atoms with Crippen LogP contribution in [0.2, 0.25) is 0 Å². The second-order valence-electron chi connectivity index (χ2n) is 6.74. The fourth-order valence-electron chi connectivity index (χ4n) is 3.23. The van der Waals surface area contributed by atoms with Gasteiger partial charge in [0, 0.05) is 40.7 Å². The van der Waals surface area contributed by atoms with Gasteiger partial charge in [-0.15, -0.1) is 0 Å². The fraction of sp³-hybridized carbons (Fsp3) is 0.143. The molecule has 1 amide bonds. The van der Waals surface area contributed by atoms with E-state index in [4.69, 9.17) is 0 Å². The van der Waals surface area contributed by atoms with Crippen molar-refractivity contribution in [1.29, 1.82) is 5.26 Å². The topological polar surface area (TPSA) is 109 Å². The van der Waals surface area contributed by atoms with Crippen LogP contribution in [0.5, 0.6) is 0 Å². The predicted molar refractivity (Wildman–Crippen MR) is 108 cm³/mol. The molecule has 0 atom stereocenters. The summed E-state index contributed by atoms with van der Waals surface area (Å²) in [6.07, 6.45) is 6.32. The molecule has 0 fully saturated rings. The average molecular weight is 383 g/mol. The molecule has 3 aromatic heterocycles. The molecule has 4 rings (SSSR count). The minimum absolute atomic E-state index is 0.0132. The van der Waals surface area contributed by atoms with Gasteiger partial charge in [0.15, 0.2) is 5.82 Å². The summed E-state index contributed by atoms with van der Waals surface area (Å²) in [5.41, 5.74) is 2.77. The average Bonchev–Trinajstić information content (AvgIpc) is 3.17. The first kappa shape index (κ1) is 18.3. The first-order valence-electron chi connectivity index (χ1n) is 9.03. The van der Waals surface area contributed by atoms with Gasteiger partial charge in [-0.1, -0.05) is 13.8 Å². The molecular weight excluding hydrogens is 366 g/mol. The highest BCUT2D eigenvalue weighted by Crippen LogP contribution is 2.25. The highest BCUT2D eigenvalue weighted by atomic mass is 16.1. The van der Waals surface area contributed by atoms with Gasteiger partial charge >= 0.3 is 0 Å². The smallest absolute Gasteiger partial charge is 0.256 e. The standard InChI is InChI=1S/C21H17N7O/c1-13(2)20-16(5-8-24-17(20)10-22)21(29)27-15-4-3-14-11-26-28(18(14)9-15)19-6-7-23-12-25-19/h3-9,11-13H,1-2H3,(H,27,29). The number of hydrogen-bond donors (Lipinski definition) is 1. The van der Waals surface area contributed by atoms with Crippen molar-refractivity contribution in [3.63, 3.8) is 0 Å². The zero-order chi connectivity index (χ0) is 20.4. The summed E-state index contributed by atoms with van der Waals surface area (Å²) < 4.78 is 1.69. The quantitative estimate of drug-likeness (QED) is 0.578. The Balaban J connectivity index is 1.71. The van der Waals surface area contributed by atoms with Gasteiger partial charge in [0.05, 0.1) is 11.7 Å². The molecule has 0 bridgehead atoms. The molecule has 29 heavy (non-hydrogen) atoms. The summed E-state index contributed by atoms with van der Waals surface area (Å²) in [5.74, 6) is 0.328. The first-order valence-corrected chi connectivity index (χ1v) is 9.03. The van der Waals surface area contributed by atoms with Crippen molar-refractivity contribution in [2.45, 2.75) is 19.8 Å². The zero-order valence-corrected chi connectivity index (χ0v) is 15.9. The van der Waals surface area contributed by atoms with Gasteiger partial charge in [-0.3, -0.25) is 4.79 Å². The van der Waals surface area contributed by atoms with E-state index in [0.717, 1.165) is 10.9 Å². The summed E-state index contributed by atoms with van der Waals surface area (Å²) in [5, 5.41) is 17.5. The highest BCUT2D eigenvalue weighted by Gasteiger charge is 2.19. The number of anilines is 1. The van der Waals surface area contributed by atoms with Gasteiger partial charge in [-0.25, -0.2) is 19.6 Å². The second-order valence-corrected chi connectivity index (χ2v) is 6.74. The minimum atomic E-state index is -0.292. The van der Waals surface area contributed by atoms with E-state index in [0.29, 0.717) is 22.6 Å². The van der Waals surface area contributed by atoms with Crippen LogP contribution < -0.4 is 5.32 Å². The van der Waals surface area contributed by atoms with Crippen LogP contribution in [0.4, 0.5) is 5.69 Å². The summed E-state index contributed by atoms with van der Waals surface area (Å²) in [4.78, 5) is 25.2. The van der Waals surface area contributed by atoms with Gasteiger partial charge in [-0.05, 0) is 30.2 Å². The maximum Gasteiger partial charge on any atom is 0.256 e. The second kappa shape index (κ2) is 7.48. The normalized spacial score (nSPS) is 10.8. The summed E-state index contributed by atoms with van der Waals surface area (Å²) >= 11 is 0. The summed E-state index contributed by atoms with van der Waals surface area (Å²) in [6.45, 7) is 3.86. The number of nitriles is 1. The molecular formula is C21H17N7O. The Bertz CT molecular complexity index is 1240. The SMILES string of the molecule is CC(C)c1c(C(=O)Nc2ccc3cnn(-c4ccncn4)c3c2)ccnc1C#N. The number of benzene rings is 1. The third kappa shape index (κ3) is 3.41. The van der Waals surface area contributed by atoms with Gasteiger partial charge in [-0.2, -0.15) is 10.4 Å². The van der Waals surface area contributed by atoms with E-state index in [9.17, 15) is 10.1 Å². The highest BCUT2D eigenvalue weighted by molar-refractivity contribution is 6.06. The lowest BCUT2D eigenvalue weighted by Crippen LogP contribution is -2.16. The molecule has 0 aliphatic heterocycles. The number of pyridine rings is 1. The van der Waals surface area contributed by atoms with Crippen LogP contribution in [0.15, 0.2) is 55.2 Å². The van der Waals surface area contributed by atoms with E-state index in [1.807, 2.05) is 32.0 Å². The molecule has 0 unspecified atom stereocenters. The van der Waals surface area contributed by atoms with Crippen molar-refractivity contribution in [1.82, 2.24) is 24.7 Å². The molecule has 142 valence electrons. The Labute approximate surface area is 166 Å². The van der Waals surface area contributed by atoms with Crippen LogP contribution in [-0.4, -0.2) is 30.6 Å². The summed E-state index contributed by atoms with van der Waals surface area (Å²) in [7, 11) is 0. The predicted octanol–water partition coefficient (Wildman–Crippen LogP) is 3.46. The molecule has 4 aromatic rings. The van der Waals surface area contributed by atoms with E-state index in [1.165, 1.54) is 12.5 Å². The molecule has 0 aliphatic carbocycles. The van der Waals surface area contributed by atoms with Crippen LogP contribution in [0, 0.1) is 11.3 Å². The lowest BCUT2D eigenvalue weighted by Gasteiger charge is -2.14. The Kier molecular flexibility index (Phi) is 4.71. The number of nitrogens with zero attached hydrogens (tertiary/aromatic N) is 6. The molecule has 3 heterocycles. The molecule has 0 spiro atoms. The van der Waals surface area contributed by atoms with E-state index in [1.54, 1.807) is 29.2 Å². The zero-order valence-electron chi connectivity index (χ0n) is 15.9. The Morgan fingerprint density at radius 1 is 1.17 bits per heavy atom. The van der Waals surface area contributed by atoms with Crippen LogP contribution in [0.25, 0.3) is 16.7 Å². The van der Waals surface area contributed by atoms with E-state index < -0.39 is 0 Å². The number of rotatable bonds is 4. The molecule has 0 saturated heterocycles. The fourth-order valence-corrected chi connectivity index (χ4v) is 3.23. The molecule has 8 nitrogen and oxygen atoms in total. The molecule has 0 aliphatic rings. The van der Waals surface area contributed by atoms with Crippen molar-refractivity contribution < 1.29 is 4.79 Å². The van der Waals surface area contributed by atoms with Crippen molar-refractivity contribution in [2.75, 3.05) is 5.32 Å². The lowest BCUT2D eigenvalue weighted by atomic mass is 9.95. The monoisotopic (exact) mass is 383 g/mol. The molecule has 0 saturated carbocycles. The molecule has 1 N–H and O–H groups in total. The Hall–Kier alpha value is -4.12. The van der Waals surface area contributed by atoms with Crippen molar-refractivity contribution in [3.8, 4) is 11.9 Å². The van der Waals surface area contributed by atoms with Gasteiger partial charge in [0.25, 0.3) is 5.91 Å². The largest absolute Gasteiger partial charge is 0.322 e. The number of carbonyl (C=O) groups is 1. The number of hydrogen-bond acceptors (Lipinski definition) is 6. The van der Waals surface area contributed by atoms with Gasteiger partial charge < -0.3 is 5.32 Å². The first-order chi connectivity index (χ1) is 14.1. The van der Waals surface area contributed by atoms with Gasteiger partial charge in [0.2, 0.25) is 0 Å². The molecule has 1 aromatic carbocycles. The van der Waals surface area contributed by atoms with Crippen LogP contribution in [0.3, 0.4) is 0 Å². The van der Waals surface area contributed by atoms with E-state index in [-0.39, 0.29) is 17.5 Å². The molecule has 0 radical (unpaired) electrons. The number of nitrogens with one attached hydrogen (secondary N) is 1. The maximum absolute atomic E-state index is 12.9. The van der Waals surface area contributed by atoms with Crippen molar-refractivity contribution >= 4 is 22.5 Å². The number of carbonyl (C=O) groups excluding carboxylic acids is 1. The van der Waals surface area contributed by atoms with Crippen molar-refractivity contribution in [2.24, 2.45) is 0 Å². The lowest BCUT2D eigenvalue weighted by molar-refractivity contribution is 0.102. The minimum Gasteiger partial charge on any atom is -0.322 e. The van der Waals surface area contributed by atoms with Crippen LogP contribution in [0.1, 0.15) is 41.4 Å². The number of aromatic nitrogens is 5. The van der Waals surface area contributed by atoms with E-state index >= 15 is 0 Å². The third-order valence-electron chi connectivity index (χ3n) is 4.53. The number of fused-ring (bicyclic) bond motifs is 1. The Morgan fingerprint density at radius 3 is 2.76 bits per heavy atom. The number of amides is 1. The van der Waals surface area contributed by atoms with Crippen molar-refractivity contribution in [3.05, 3.63) is 72.1 Å². The van der Waals surface area contributed by atoms with Gasteiger partial charge in [0.1, 0.15) is 18.1 Å².